The van der Waals surface area contributed by atoms with Gasteiger partial charge in [-0.05, 0) is 67.4 Å². The molecular weight excluding hydrogens is 451 g/mol. The maximum atomic E-state index is 13.4. The van der Waals surface area contributed by atoms with Gasteiger partial charge >= 0.3 is 0 Å². The number of nitrogens with zero attached hydrogens (tertiary/aromatic N) is 1. The SMILES string of the molecule is Cc1ccc(N2C(=O)C(Nc3ccc(Cl)cc3C)=C(Sc3ccccc3)C2=O)cc1Cl. The zero-order valence-electron chi connectivity index (χ0n) is 16.8. The molecule has 2 amide bonds. The third-order valence-electron chi connectivity index (χ3n) is 4.87. The van der Waals surface area contributed by atoms with E-state index in [-0.39, 0.29) is 5.70 Å². The molecule has 0 saturated carbocycles. The van der Waals surface area contributed by atoms with Crippen molar-refractivity contribution in [3.63, 3.8) is 0 Å². The summed E-state index contributed by atoms with van der Waals surface area (Å²) in [7, 11) is 0. The highest BCUT2D eigenvalue weighted by molar-refractivity contribution is 8.04. The number of carbonyl (C=O) groups excluding carboxylic acids is 2. The molecule has 31 heavy (non-hydrogen) atoms. The number of benzene rings is 3. The molecule has 0 aromatic heterocycles. The van der Waals surface area contributed by atoms with Gasteiger partial charge in [0.1, 0.15) is 10.6 Å². The average molecular weight is 469 g/mol. The van der Waals surface area contributed by atoms with Gasteiger partial charge in [-0.2, -0.15) is 0 Å². The molecule has 0 unspecified atom stereocenters. The van der Waals surface area contributed by atoms with Crippen LogP contribution in [0.1, 0.15) is 11.1 Å². The summed E-state index contributed by atoms with van der Waals surface area (Å²) in [4.78, 5) is 29.1. The van der Waals surface area contributed by atoms with E-state index in [4.69, 9.17) is 23.2 Å². The van der Waals surface area contributed by atoms with Crippen molar-refractivity contribution in [1.29, 1.82) is 0 Å². The number of imide groups is 1. The number of amides is 2. The summed E-state index contributed by atoms with van der Waals surface area (Å²) >= 11 is 13.6. The molecule has 1 aliphatic heterocycles. The van der Waals surface area contributed by atoms with Crippen LogP contribution in [0.5, 0.6) is 0 Å². The van der Waals surface area contributed by atoms with E-state index >= 15 is 0 Å². The first-order valence-corrected chi connectivity index (χ1v) is 11.1. The first-order chi connectivity index (χ1) is 14.8. The number of rotatable bonds is 5. The largest absolute Gasteiger partial charge is 0.350 e. The normalized spacial score (nSPS) is 13.9. The Labute approximate surface area is 194 Å². The Morgan fingerprint density at radius 2 is 1.58 bits per heavy atom. The Hall–Kier alpha value is -2.73. The van der Waals surface area contributed by atoms with Crippen LogP contribution in [0.3, 0.4) is 0 Å². The minimum atomic E-state index is -0.433. The van der Waals surface area contributed by atoms with Crippen molar-refractivity contribution in [3.05, 3.63) is 98.5 Å². The van der Waals surface area contributed by atoms with Crippen LogP contribution in [0.4, 0.5) is 11.4 Å². The van der Waals surface area contributed by atoms with Crippen LogP contribution < -0.4 is 10.2 Å². The molecule has 0 radical (unpaired) electrons. The Bertz CT molecular complexity index is 1230. The maximum absolute atomic E-state index is 13.4. The quantitative estimate of drug-likeness (QED) is 0.428. The van der Waals surface area contributed by atoms with E-state index < -0.39 is 11.8 Å². The fourth-order valence-corrected chi connectivity index (χ4v) is 4.53. The third kappa shape index (κ3) is 4.35. The van der Waals surface area contributed by atoms with Crippen LogP contribution in [0.25, 0.3) is 0 Å². The Kier molecular flexibility index (Phi) is 6.10. The molecular formula is C24H18Cl2N2O2S. The molecule has 156 valence electrons. The molecule has 0 bridgehead atoms. The second-order valence-corrected chi connectivity index (χ2v) is 9.01. The molecule has 4 rings (SSSR count). The summed E-state index contributed by atoms with van der Waals surface area (Å²) in [6.07, 6.45) is 0. The lowest BCUT2D eigenvalue weighted by atomic mass is 10.2. The smallest absolute Gasteiger partial charge is 0.283 e. The highest BCUT2D eigenvalue weighted by atomic mass is 35.5. The molecule has 1 heterocycles. The van der Waals surface area contributed by atoms with E-state index in [2.05, 4.69) is 5.32 Å². The second-order valence-electron chi connectivity index (χ2n) is 7.08. The molecule has 0 aliphatic carbocycles. The first-order valence-electron chi connectivity index (χ1n) is 9.50. The molecule has 7 heteroatoms. The van der Waals surface area contributed by atoms with Crippen LogP contribution in [0.2, 0.25) is 10.0 Å². The second kappa shape index (κ2) is 8.79. The van der Waals surface area contributed by atoms with E-state index in [0.717, 1.165) is 20.9 Å². The highest BCUT2D eigenvalue weighted by Crippen LogP contribution is 2.39. The summed E-state index contributed by atoms with van der Waals surface area (Å²) < 4.78 is 0. The number of aryl methyl sites for hydroxylation is 2. The maximum Gasteiger partial charge on any atom is 0.283 e. The topological polar surface area (TPSA) is 49.4 Å². The lowest BCUT2D eigenvalue weighted by Gasteiger charge is -2.16. The van der Waals surface area contributed by atoms with E-state index in [1.54, 1.807) is 36.4 Å². The Morgan fingerprint density at radius 1 is 0.839 bits per heavy atom. The highest BCUT2D eigenvalue weighted by Gasteiger charge is 2.40. The number of nitrogens with one attached hydrogen (secondary N) is 1. The summed E-state index contributed by atoms with van der Waals surface area (Å²) in [5, 5.41) is 4.26. The van der Waals surface area contributed by atoms with E-state index in [9.17, 15) is 9.59 Å². The molecule has 0 atom stereocenters. The first kappa shape index (κ1) is 21.5. The predicted octanol–water partition coefficient (Wildman–Crippen LogP) is 6.60. The number of thioether (sulfide) groups is 1. The van der Waals surface area contributed by atoms with Gasteiger partial charge in [0.25, 0.3) is 11.8 Å². The van der Waals surface area contributed by atoms with Gasteiger partial charge in [-0.3, -0.25) is 9.59 Å². The van der Waals surface area contributed by atoms with Crippen molar-refractivity contribution in [2.24, 2.45) is 0 Å². The number of halogens is 2. The van der Waals surface area contributed by atoms with Crippen molar-refractivity contribution in [2.75, 3.05) is 10.2 Å². The molecule has 3 aromatic rings. The van der Waals surface area contributed by atoms with Gasteiger partial charge in [-0.15, -0.1) is 0 Å². The minimum Gasteiger partial charge on any atom is -0.350 e. The van der Waals surface area contributed by atoms with E-state index in [0.29, 0.717) is 26.3 Å². The van der Waals surface area contributed by atoms with Gasteiger partial charge in [-0.25, -0.2) is 4.90 Å². The number of carbonyl (C=O) groups is 2. The summed E-state index contributed by atoms with van der Waals surface area (Å²) in [5.74, 6) is -0.828. The molecule has 4 nitrogen and oxygen atoms in total. The zero-order valence-corrected chi connectivity index (χ0v) is 19.1. The van der Waals surface area contributed by atoms with Gasteiger partial charge in [0.15, 0.2) is 0 Å². The van der Waals surface area contributed by atoms with Gasteiger partial charge < -0.3 is 5.32 Å². The predicted molar refractivity (Wildman–Crippen MR) is 128 cm³/mol. The third-order valence-corrected chi connectivity index (χ3v) is 6.60. The van der Waals surface area contributed by atoms with Crippen molar-refractivity contribution in [1.82, 2.24) is 0 Å². The Morgan fingerprint density at radius 3 is 2.26 bits per heavy atom. The minimum absolute atomic E-state index is 0.223. The molecule has 0 fully saturated rings. The average Bonchev–Trinajstić information content (AvgIpc) is 2.97. The van der Waals surface area contributed by atoms with Crippen molar-refractivity contribution in [3.8, 4) is 0 Å². The van der Waals surface area contributed by atoms with Crippen LogP contribution >= 0.6 is 35.0 Å². The Balaban J connectivity index is 1.77. The van der Waals surface area contributed by atoms with Crippen molar-refractivity contribution in [2.45, 2.75) is 18.7 Å². The number of anilines is 2. The van der Waals surface area contributed by atoms with Gasteiger partial charge in [0.2, 0.25) is 0 Å². The fourth-order valence-electron chi connectivity index (χ4n) is 3.18. The molecule has 0 saturated heterocycles. The number of hydrogen-bond donors (Lipinski definition) is 1. The van der Waals surface area contributed by atoms with Crippen LogP contribution in [-0.4, -0.2) is 11.8 Å². The van der Waals surface area contributed by atoms with Gasteiger partial charge in [0, 0.05) is 20.6 Å². The molecule has 1 aliphatic rings. The van der Waals surface area contributed by atoms with Gasteiger partial charge in [-0.1, -0.05) is 59.2 Å². The van der Waals surface area contributed by atoms with Crippen LogP contribution in [-0.2, 0) is 9.59 Å². The van der Waals surface area contributed by atoms with E-state index in [1.165, 1.54) is 11.8 Å². The van der Waals surface area contributed by atoms with Crippen molar-refractivity contribution < 1.29 is 9.59 Å². The van der Waals surface area contributed by atoms with Crippen LogP contribution in [0.15, 0.2) is 82.2 Å². The zero-order chi connectivity index (χ0) is 22.1. The summed E-state index contributed by atoms with van der Waals surface area (Å²) in [6, 6.07) is 19.9. The molecule has 0 spiro atoms. The lowest BCUT2D eigenvalue weighted by molar-refractivity contribution is -0.120. The monoisotopic (exact) mass is 468 g/mol. The van der Waals surface area contributed by atoms with Gasteiger partial charge in [0.05, 0.1) is 5.69 Å². The lowest BCUT2D eigenvalue weighted by Crippen LogP contribution is -2.32. The number of hydrogen-bond acceptors (Lipinski definition) is 4. The van der Waals surface area contributed by atoms with Crippen LogP contribution in [0, 0.1) is 13.8 Å². The summed E-state index contributed by atoms with van der Waals surface area (Å²) in [6.45, 7) is 3.75. The fraction of sp³-hybridized carbons (Fsp3) is 0.0833. The van der Waals surface area contributed by atoms with Crippen molar-refractivity contribution >= 4 is 58.2 Å². The van der Waals surface area contributed by atoms with E-state index in [1.807, 2.05) is 44.2 Å². The standard InChI is InChI=1S/C24H18Cl2N2O2S/c1-14-8-10-17(13-19(14)26)28-23(29)21(27-20-11-9-16(25)12-15(20)2)22(24(28)30)31-18-6-4-3-5-7-18/h3-13,27H,1-2H3. The molecule has 3 aromatic carbocycles. The molecule has 1 N–H and O–H groups in total. The summed E-state index contributed by atoms with van der Waals surface area (Å²) in [5.41, 5.74) is 3.09.